The normalized spacial score (nSPS) is 23.0. The summed E-state index contributed by atoms with van der Waals surface area (Å²) in [6.45, 7) is -0.306. The van der Waals surface area contributed by atoms with Crippen LogP contribution in [0.1, 0.15) is 66.6 Å². The summed E-state index contributed by atoms with van der Waals surface area (Å²) in [5, 5.41) is 1.58. The van der Waals surface area contributed by atoms with E-state index in [-0.39, 0.29) is 5.56 Å². The Kier molecular flexibility index (Phi) is 5.18. The number of benzene rings is 4. The molecule has 0 spiro atoms. The Bertz CT molecular complexity index is 2090. The Hall–Kier alpha value is -4.24. The highest BCUT2D eigenvalue weighted by Crippen LogP contribution is 2.43. The van der Waals surface area contributed by atoms with Crippen LogP contribution in [0.15, 0.2) is 102 Å². The molecule has 0 radical (unpaired) electrons. The molecule has 0 N–H and O–H groups in total. The van der Waals surface area contributed by atoms with Crippen molar-refractivity contribution in [1.29, 1.82) is 0 Å². The van der Waals surface area contributed by atoms with Crippen LogP contribution >= 0.6 is 0 Å². The van der Waals surface area contributed by atoms with Gasteiger partial charge in [-0.05, 0) is 91.2 Å². The number of halogens is 1. The van der Waals surface area contributed by atoms with E-state index in [0.717, 1.165) is 33.0 Å². The Balaban J connectivity index is 1.28. The number of furan rings is 1. The van der Waals surface area contributed by atoms with Gasteiger partial charge in [0.2, 0.25) is 5.69 Å². The molecule has 0 atom stereocenters. The highest BCUT2D eigenvalue weighted by atomic mass is 19.1. The zero-order valence-electron chi connectivity index (χ0n) is 28.3. The monoisotopic (exact) mass is 545 g/mol. The first-order valence-corrected chi connectivity index (χ1v) is 14.2. The van der Waals surface area contributed by atoms with Gasteiger partial charge in [0.05, 0.1) is 11.1 Å². The van der Waals surface area contributed by atoms with E-state index >= 15 is 4.39 Å². The number of nitrogens with zero attached hydrogens (tertiary/aromatic N) is 1. The third-order valence-electron chi connectivity index (χ3n) is 8.59. The van der Waals surface area contributed by atoms with Gasteiger partial charge in [0.15, 0.2) is 6.20 Å². The predicted molar refractivity (Wildman–Crippen MR) is 166 cm³/mol. The number of hydrogen-bond acceptors (Lipinski definition) is 1. The van der Waals surface area contributed by atoms with Crippen molar-refractivity contribution >= 4 is 21.9 Å². The summed E-state index contributed by atoms with van der Waals surface area (Å²) in [7, 11) is 1.86. The van der Waals surface area contributed by atoms with E-state index in [2.05, 4.69) is 0 Å². The van der Waals surface area contributed by atoms with Gasteiger partial charge in [-0.3, -0.25) is 0 Å². The summed E-state index contributed by atoms with van der Waals surface area (Å²) in [6.07, 6.45) is 4.08. The lowest BCUT2D eigenvalue weighted by atomic mass is 9.76. The highest BCUT2D eigenvalue weighted by Gasteiger charge is 2.25. The van der Waals surface area contributed by atoms with E-state index in [1.165, 1.54) is 6.07 Å². The van der Waals surface area contributed by atoms with E-state index in [4.69, 9.17) is 9.90 Å². The standard InChI is InChI=1S/C38H35FNO/c1-24-21-22-40(3)34(23-24)35-25(2)9-18-31-32-19-20-33(39)36(38(32)41-37(31)35)30-16-14-29(15-17-30)28-12-10-27(11-13-28)26-7-5-4-6-8-26/h4-9,14-23,27-28H,10-13H2,1-3H3/q+1/i1D3,27D,28D. The minimum Gasteiger partial charge on any atom is -0.454 e. The van der Waals surface area contributed by atoms with Gasteiger partial charge in [-0.15, -0.1) is 0 Å². The van der Waals surface area contributed by atoms with Crippen molar-refractivity contribution in [1.82, 2.24) is 0 Å². The lowest BCUT2D eigenvalue weighted by Gasteiger charge is -2.29. The van der Waals surface area contributed by atoms with Crippen LogP contribution in [0.2, 0.25) is 0 Å². The lowest BCUT2D eigenvalue weighted by Crippen LogP contribution is -2.30. The zero-order chi connectivity index (χ0) is 32.4. The highest BCUT2D eigenvalue weighted by molar-refractivity contribution is 6.13. The van der Waals surface area contributed by atoms with Crippen LogP contribution in [-0.4, -0.2) is 0 Å². The molecular weight excluding hydrogens is 505 g/mol. The van der Waals surface area contributed by atoms with Gasteiger partial charge >= 0.3 is 0 Å². The summed E-state index contributed by atoms with van der Waals surface area (Å²) in [6, 6.07) is 27.9. The average molecular weight is 546 g/mol. The Morgan fingerprint density at radius 2 is 1.41 bits per heavy atom. The van der Waals surface area contributed by atoms with E-state index in [0.29, 0.717) is 53.7 Å². The van der Waals surface area contributed by atoms with E-state index < -0.39 is 24.5 Å². The molecule has 0 bridgehead atoms. The molecule has 1 aliphatic rings. The summed E-state index contributed by atoms with van der Waals surface area (Å²) in [5.74, 6) is -1.91. The van der Waals surface area contributed by atoms with Crippen LogP contribution in [0, 0.1) is 19.6 Å². The Labute approximate surface area is 248 Å². The number of fused-ring (bicyclic) bond motifs is 3. The fourth-order valence-corrected chi connectivity index (χ4v) is 6.36. The van der Waals surface area contributed by atoms with Crippen LogP contribution < -0.4 is 4.57 Å². The molecule has 2 aromatic heterocycles. The van der Waals surface area contributed by atoms with Gasteiger partial charge in [-0.1, -0.05) is 66.7 Å². The molecule has 4 aromatic carbocycles. The molecule has 1 aliphatic carbocycles. The maximum atomic E-state index is 15.7. The van der Waals surface area contributed by atoms with Crippen molar-refractivity contribution in [2.75, 3.05) is 0 Å². The smallest absolute Gasteiger partial charge is 0.216 e. The minimum absolute atomic E-state index is 0.235. The van der Waals surface area contributed by atoms with Gasteiger partial charge in [0, 0.05) is 29.8 Å². The second-order valence-corrected chi connectivity index (χ2v) is 11.1. The van der Waals surface area contributed by atoms with Crippen molar-refractivity contribution in [2.45, 2.75) is 51.2 Å². The molecule has 204 valence electrons. The number of hydrogen-bond donors (Lipinski definition) is 0. The van der Waals surface area contributed by atoms with Crippen LogP contribution in [-0.2, 0) is 7.05 Å². The first kappa shape index (κ1) is 20.6. The molecule has 0 amide bonds. The minimum atomic E-state index is -2.26. The van der Waals surface area contributed by atoms with Crippen molar-refractivity contribution in [3.05, 3.63) is 125 Å². The molecule has 0 aliphatic heterocycles. The van der Waals surface area contributed by atoms with Crippen molar-refractivity contribution in [3.63, 3.8) is 0 Å². The van der Waals surface area contributed by atoms with E-state index in [1.807, 2.05) is 85.3 Å². The predicted octanol–water partition coefficient (Wildman–Crippen LogP) is 9.94. The molecule has 0 saturated heterocycles. The van der Waals surface area contributed by atoms with Crippen LogP contribution in [0.3, 0.4) is 0 Å². The quantitative estimate of drug-likeness (QED) is 0.201. The molecule has 2 heterocycles. The maximum Gasteiger partial charge on any atom is 0.216 e. The molecule has 1 fully saturated rings. The van der Waals surface area contributed by atoms with Crippen LogP contribution in [0.25, 0.3) is 44.3 Å². The second kappa shape index (κ2) is 10.3. The number of aromatic nitrogens is 1. The largest absolute Gasteiger partial charge is 0.454 e. The maximum absolute atomic E-state index is 15.7. The second-order valence-electron chi connectivity index (χ2n) is 11.1. The number of aryl methyl sites for hydroxylation is 3. The molecule has 7 rings (SSSR count). The summed E-state index contributed by atoms with van der Waals surface area (Å²) >= 11 is 0. The lowest BCUT2D eigenvalue weighted by molar-refractivity contribution is -0.660. The number of rotatable bonds is 4. The Morgan fingerprint density at radius 3 is 2.10 bits per heavy atom. The topological polar surface area (TPSA) is 17.0 Å². The number of pyridine rings is 1. The average Bonchev–Trinajstić information content (AvgIpc) is 3.41. The van der Waals surface area contributed by atoms with Gasteiger partial charge in [-0.2, -0.15) is 0 Å². The summed E-state index contributed by atoms with van der Waals surface area (Å²) in [4.78, 5) is 0. The fraction of sp³-hybridized carbons (Fsp3) is 0.237. The van der Waals surface area contributed by atoms with Gasteiger partial charge < -0.3 is 4.42 Å². The summed E-state index contributed by atoms with van der Waals surface area (Å²) < 4.78 is 66.3. The third-order valence-corrected chi connectivity index (χ3v) is 8.59. The van der Waals surface area contributed by atoms with E-state index in [9.17, 15) is 1.37 Å². The van der Waals surface area contributed by atoms with Crippen molar-refractivity contribution in [3.8, 4) is 22.4 Å². The molecule has 3 heteroatoms. The summed E-state index contributed by atoms with van der Waals surface area (Å²) in [5.41, 5.74) is 6.46. The Morgan fingerprint density at radius 1 is 0.780 bits per heavy atom. The fourth-order valence-electron chi connectivity index (χ4n) is 6.36. The molecule has 1 saturated carbocycles. The van der Waals surface area contributed by atoms with Gasteiger partial charge in [0.25, 0.3) is 0 Å². The SMILES string of the molecule is [2H]C([2H])([2H])c1cc[n+](C)c(-c2c(C)ccc3c2oc2c(-c4ccc(C5([2H])CCC([2H])(c6ccccc6)CC5)cc4)c(F)ccc23)c1. The van der Waals surface area contributed by atoms with Crippen molar-refractivity contribution in [2.24, 2.45) is 7.05 Å². The molecular formula is C38H35FNO+. The van der Waals surface area contributed by atoms with Gasteiger partial charge in [-0.25, -0.2) is 8.96 Å². The molecule has 41 heavy (non-hydrogen) atoms. The molecule has 6 aromatic rings. The first-order valence-electron chi connectivity index (χ1n) is 16.7. The van der Waals surface area contributed by atoms with Crippen molar-refractivity contribution < 1.29 is 20.2 Å². The van der Waals surface area contributed by atoms with Gasteiger partial charge in [0.1, 0.15) is 24.0 Å². The molecule has 2 nitrogen and oxygen atoms in total. The first-order chi connectivity index (χ1) is 21.9. The third kappa shape index (κ3) is 4.54. The van der Waals surface area contributed by atoms with Crippen LogP contribution in [0.5, 0.6) is 0 Å². The molecule has 0 unspecified atom stereocenters. The zero-order valence-corrected chi connectivity index (χ0v) is 23.3. The van der Waals surface area contributed by atoms with E-state index in [1.54, 1.807) is 24.4 Å². The van der Waals surface area contributed by atoms with Crippen LogP contribution in [0.4, 0.5) is 4.39 Å².